The van der Waals surface area contributed by atoms with Gasteiger partial charge in [0.1, 0.15) is 18.2 Å². The molecule has 186 valence electrons. The first kappa shape index (κ1) is 25.2. The molecule has 0 unspecified atom stereocenters. The number of nitrogens with zero attached hydrogens (tertiary/aromatic N) is 2. The Bertz CT molecular complexity index is 1350. The second kappa shape index (κ2) is 10.4. The second-order valence-electron chi connectivity index (χ2n) is 10.0. The third kappa shape index (κ3) is 6.00. The van der Waals surface area contributed by atoms with Gasteiger partial charge in [-0.15, -0.1) is 0 Å². The zero-order chi connectivity index (χ0) is 25.9. The molecule has 1 heterocycles. The fourth-order valence-electron chi connectivity index (χ4n) is 4.00. The summed E-state index contributed by atoms with van der Waals surface area (Å²) < 4.78 is 21.0. The maximum absolute atomic E-state index is 13.2. The summed E-state index contributed by atoms with van der Waals surface area (Å²) in [7, 11) is 0. The Balaban J connectivity index is 1.42. The highest BCUT2D eigenvalue weighted by molar-refractivity contribution is 6.05. The highest BCUT2D eigenvalue weighted by atomic mass is 19.1. The van der Waals surface area contributed by atoms with Crippen molar-refractivity contribution < 1.29 is 13.9 Å². The number of aryl methyl sites for hydroxylation is 1. The molecular weight excluding hydrogens is 453 g/mol. The number of aromatic nitrogens is 2. The fraction of sp³-hybridized carbons (Fsp3) is 0.267. The molecule has 1 N–H and O–H groups in total. The number of anilines is 1. The number of carbonyl (C=O) groups excluding carboxylic acids is 1. The van der Waals surface area contributed by atoms with Crippen molar-refractivity contribution in [2.75, 3.05) is 5.32 Å². The van der Waals surface area contributed by atoms with Gasteiger partial charge < -0.3 is 10.1 Å². The van der Waals surface area contributed by atoms with E-state index in [0.29, 0.717) is 24.4 Å². The Morgan fingerprint density at radius 2 is 1.67 bits per heavy atom. The van der Waals surface area contributed by atoms with Gasteiger partial charge >= 0.3 is 0 Å². The van der Waals surface area contributed by atoms with Crippen LogP contribution >= 0.6 is 0 Å². The molecule has 5 nitrogen and oxygen atoms in total. The Hall–Kier alpha value is -3.93. The molecule has 0 aliphatic rings. The zero-order valence-electron chi connectivity index (χ0n) is 21.4. The van der Waals surface area contributed by atoms with E-state index >= 15 is 0 Å². The van der Waals surface area contributed by atoms with E-state index in [1.54, 1.807) is 18.2 Å². The Morgan fingerprint density at radius 1 is 0.972 bits per heavy atom. The molecule has 1 aromatic heterocycles. The average Bonchev–Trinajstić information content (AvgIpc) is 3.11. The Labute approximate surface area is 211 Å². The van der Waals surface area contributed by atoms with Crippen LogP contribution in [0.1, 0.15) is 59.2 Å². The summed E-state index contributed by atoms with van der Waals surface area (Å²) in [5.41, 5.74) is 5.97. The van der Waals surface area contributed by atoms with Crippen molar-refractivity contribution in [1.82, 2.24) is 9.78 Å². The molecular formula is C30H32FN3O2. The first-order valence-electron chi connectivity index (χ1n) is 12.0. The van der Waals surface area contributed by atoms with E-state index in [0.717, 1.165) is 28.3 Å². The lowest BCUT2D eigenvalue weighted by Crippen LogP contribution is -2.14. The summed E-state index contributed by atoms with van der Waals surface area (Å²) in [6, 6.07) is 21.9. The number of halogens is 1. The minimum Gasteiger partial charge on any atom is -0.489 e. The quantitative estimate of drug-likeness (QED) is 0.313. The number of benzene rings is 3. The van der Waals surface area contributed by atoms with Crippen LogP contribution in [0.3, 0.4) is 0 Å². The fourth-order valence-corrected chi connectivity index (χ4v) is 4.00. The number of carbonyl (C=O) groups is 1. The summed E-state index contributed by atoms with van der Waals surface area (Å²) in [5, 5.41) is 7.57. The predicted octanol–water partition coefficient (Wildman–Crippen LogP) is 6.82. The maximum atomic E-state index is 13.2. The van der Waals surface area contributed by atoms with Gasteiger partial charge in [0.2, 0.25) is 0 Å². The van der Waals surface area contributed by atoms with Crippen LogP contribution < -0.4 is 10.1 Å². The number of hydrogen-bond acceptors (Lipinski definition) is 3. The number of hydrogen-bond donors (Lipinski definition) is 1. The number of ether oxygens (including phenoxy) is 1. The lowest BCUT2D eigenvalue weighted by molar-refractivity contribution is 0.102. The van der Waals surface area contributed by atoms with Gasteiger partial charge in [0, 0.05) is 5.56 Å². The van der Waals surface area contributed by atoms with E-state index in [-0.39, 0.29) is 17.1 Å². The molecule has 0 radical (unpaired) electrons. The molecule has 0 saturated carbocycles. The molecule has 3 aromatic carbocycles. The largest absolute Gasteiger partial charge is 0.489 e. The summed E-state index contributed by atoms with van der Waals surface area (Å²) in [4.78, 5) is 13.1. The van der Waals surface area contributed by atoms with E-state index in [1.165, 1.54) is 17.7 Å². The molecule has 4 rings (SSSR count). The van der Waals surface area contributed by atoms with Crippen LogP contribution in [-0.4, -0.2) is 15.7 Å². The minimum atomic E-state index is -0.272. The third-order valence-corrected chi connectivity index (χ3v) is 6.18. The van der Waals surface area contributed by atoms with Crippen LogP contribution in [0.25, 0.3) is 0 Å². The van der Waals surface area contributed by atoms with Gasteiger partial charge in [0.15, 0.2) is 0 Å². The van der Waals surface area contributed by atoms with E-state index in [9.17, 15) is 9.18 Å². The van der Waals surface area contributed by atoms with Crippen molar-refractivity contribution in [1.29, 1.82) is 0 Å². The Morgan fingerprint density at radius 3 is 2.33 bits per heavy atom. The van der Waals surface area contributed by atoms with Gasteiger partial charge in [0.25, 0.3) is 5.91 Å². The molecule has 0 aliphatic heterocycles. The molecule has 1 amide bonds. The van der Waals surface area contributed by atoms with Crippen molar-refractivity contribution in [3.63, 3.8) is 0 Å². The molecule has 4 aromatic rings. The van der Waals surface area contributed by atoms with E-state index in [1.807, 2.05) is 48.9 Å². The van der Waals surface area contributed by atoms with E-state index < -0.39 is 0 Å². The summed E-state index contributed by atoms with van der Waals surface area (Å²) >= 11 is 0. The van der Waals surface area contributed by atoms with Crippen LogP contribution in [0.15, 0.2) is 72.8 Å². The molecule has 6 heteroatoms. The highest BCUT2D eigenvalue weighted by Crippen LogP contribution is 2.25. The van der Waals surface area contributed by atoms with Crippen molar-refractivity contribution >= 4 is 11.6 Å². The summed E-state index contributed by atoms with van der Waals surface area (Å²) in [6.45, 7) is 11.2. The summed E-state index contributed by atoms with van der Waals surface area (Å²) in [6.07, 6.45) is 0. The summed E-state index contributed by atoms with van der Waals surface area (Å²) in [5.74, 6) is 0.308. The van der Waals surface area contributed by atoms with Gasteiger partial charge in [0.05, 0.1) is 23.6 Å². The molecule has 0 bridgehead atoms. The molecule has 36 heavy (non-hydrogen) atoms. The molecule has 0 aliphatic carbocycles. The first-order valence-corrected chi connectivity index (χ1v) is 12.0. The standard InChI is InChI=1S/C30H32FN3O2/c1-20-28(21(2)34(33-20)18-22-9-13-26(31)14-10-22)32-29(35)24-8-6-7-23(17-24)19-36-27-15-11-25(12-16-27)30(3,4)5/h6-17H,18-19H2,1-5H3,(H,32,35). The lowest BCUT2D eigenvalue weighted by atomic mass is 9.87. The van der Waals surface area contributed by atoms with Gasteiger partial charge in [-0.2, -0.15) is 5.10 Å². The molecule has 0 saturated heterocycles. The van der Waals surface area contributed by atoms with Crippen molar-refractivity contribution in [3.8, 4) is 5.75 Å². The lowest BCUT2D eigenvalue weighted by Gasteiger charge is -2.19. The smallest absolute Gasteiger partial charge is 0.255 e. The first-order chi connectivity index (χ1) is 17.1. The van der Waals surface area contributed by atoms with E-state index in [2.05, 4.69) is 43.3 Å². The number of nitrogens with one attached hydrogen (secondary N) is 1. The van der Waals surface area contributed by atoms with Gasteiger partial charge in [-0.05, 0) is 72.4 Å². The Kier molecular flexibility index (Phi) is 7.25. The van der Waals surface area contributed by atoms with Crippen LogP contribution in [0, 0.1) is 19.7 Å². The van der Waals surface area contributed by atoms with Crippen LogP contribution in [-0.2, 0) is 18.6 Å². The predicted molar refractivity (Wildman–Crippen MR) is 141 cm³/mol. The normalized spacial score (nSPS) is 11.4. The molecule has 0 fully saturated rings. The SMILES string of the molecule is Cc1nn(Cc2ccc(F)cc2)c(C)c1NC(=O)c1cccc(COc2ccc(C(C)(C)C)cc2)c1. The zero-order valence-corrected chi connectivity index (χ0v) is 21.4. The number of rotatable bonds is 7. The van der Waals surface area contributed by atoms with Crippen molar-refractivity contribution in [2.24, 2.45) is 0 Å². The van der Waals surface area contributed by atoms with Gasteiger partial charge in [-0.3, -0.25) is 9.48 Å². The van der Waals surface area contributed by atoms with Crippen molar-refractivity contribution in [2.45, 2.75) is 53.2 Å². The average molecular weight is 486 g/mol. The van der Waals surface area contributed by atoms with Crippen molar-refractivity contribution in [3.05, 3.63) is 112 Å². The van der Waals surface area contributed by atoms with Gasteiger partial charge in [-0.25, -0.2) is 4.39 Å². The maximum Gasteiger partial charge on any atom is 0.255 e. The second-order valence-corrected chi connectivity index (χ2v) is 10.0. The molecule has 0 spiro atoms. The van der Waals surface area contributed by atoms with Crippen LogP contribution in [0.4, 0.5) is 10.1 Å². The minimum absolute atomic E-state index is 0.0917. The monoisotopic (exact) mass is 485 g/mol. The number of amides is 1. The van der Waals surface area contributed by atoms with Gasteiger partial charge in [-0.1, -0.05) is 57.2 Å². The van der Waals surface area contributed by atoms with Crippen LogP contribution in [0.2, 0.25) is 0 Å². The van der Waals surface area contributed by atoms with Crippen LogP contribution in [0.5, 0.6) is 5.75 Å². The van der Waals surface area contributed by atoms with E-state index in [4.69, 9.17) is 4.74 Å². The highest BCUT2D eigenvalue weighted by Gasteiger charge is 2.16. The molecule has 0 atom stereocenters. The topological polar surface area (TPSA) is 56.2 Å². The third-order valence-electron chi connectivity index (χ3n) is 6.18.